The maximum Gasteiger partial charge on any atom is 0.123 e. The van der Waals surface area contributed by atoms with Crippen LogP contribution in [0.3, 0.4) is 0 Å². The number of hydrogen-bond donors (Lipinski definition) is 1. The highest BCUT2D eigenvalue weighted by Gasteiger charge is 2.16. The van der Waals surface area contributed by atoms with E-state index in [1.165, 1.54) is 12.8 Å². The molecular formula is C14H21NO2. The predicted octanol–water partition coefficient (Wildman–Crippen LogP) is 2.63. The lowest BCUT2D eigenvalue weighted by Gasteiger charge is -2.30. The van der Waals surface area contributed by atoms with E-state index >= 15 is 0 Å². The molecule has 3 nitrogen and oxygen atoms in total. The monoisotopic (exact) mass is 235 g/mol. The molecule has 1 N–H and O–H groups in total. The Morgan fingerprint density at radius 3 is 2.65 bits per heavy atom. The second kappa shape index (κ2) is 5.41. The highest BCUT2D eigenvalue weighted by molar-refractivity contribution is 5.39. The average Bonchev–Trinajstić information content (AvgIpc) is 2.34. The van der Waals surface area contributed by atoms with Crippen molar-refractivity contribution >= 4 is 0 Å². The van der Waals surface area contributed by atoms with Crippen LogP contribution < -0.4 is 4.74 Å². The topological polar surface area (TPSA) is 32.7 Å². The lowest BCUT2D eigenvalue weighted by atomic mass is 9.99. The minimum absolute atomic E-state index is 0.336. The lowest BCUT2D eigenvalue weighted by molar-refractivity contribution is 0.183. The first-order chi connectivity index (χ1) is 8.19. The SMILES string of the molecule is COc1ccc(CN2CCC(C)CC2)c(O)c1. The Morgan fingerprint density at radius 1 is 1.35 bits per heavy atom. The highest BCUT2D eigenvalue weighted by atomic mass is 16.5. The van der Waals surface area contributed by atoms with Crippen molar-refractivity contribution in [2.75, 3.05) is 20.2 Å². The Morgan fingerprint density at radius 2 is 2.06 bits per heavy atom. The van der Waals surface area contributed by atoms with Crippen LogP contribution in [0.25, 0.3) is 0 Å². The maximum atomic E-state index is 9.90. The maximum absolute atomic E-state index is 9.90. The van der Waals surface area contributed by atoms with E-state index in [-0.39, 0.29) is 0 Å². The number of likely N-dealkylation sites (tertiary alicyclic amines) is 1. The van der Waals surface area contributed by atoms with Gasteiger partial charge in [-0.1, -0.05) is 13.0 Å². The molecule has 1 aromatic carbocycles. The van der Waals surface area contributed by atoms with Gasteiger partial charge in [0.1, 0.15) is 11.5 Å². The van der Waals surface area contributed by atoms with E-state index in [4.69, 9.17) is 4.74 Å². The molecule has 0 saturated carbocycles. The molecule has 1 aromatic rings. The Bertz CT molecular complexity index is 370. The van der Waals surface area contributed by atoms with Crippen molar-refractivity contribution in [3.8, 4) is 11.5 Å². The Hall–Kier alpha value is -1.22. The summed E-state index contributed by atoms with van der Waals surface area (Å²) >= 11 is 0. The summed E-state index contributed by atoms with van der Waals surface area (Å²) in [5.74, 6) is 1.89. The van der Waals surface area contributed by atoms with Gasteiger partial charge in [0.15, 0.2) is 0 Å². The minimum atomic E-state index is 0.336. The van der Waals surface area contributed by atoms with Gasteiger partial charge >= 0.3 is 0 Å². The van der Waals surface area contributed by atoms with Gasteiger partial charge in [-0.05, 0) is 37.9 Å². The molecule has 1 fully saturated rings. The van der Waals surface area contributed by atoms with Crippen LogP contribution in [0.5, 0.6) is 11.5 Å². The van der Waals surface area contributed by atoms with E-state index in [0.29, 0.717) is 11.5 Å². The van der Waals surface area contributed by atoms with E-state index in [0.717, 1.165) is 31.1 Å². The van der Waals surface area contributed by atoms with Crippen LogP contribution in [0.1, 0.15) is 25.3 Å². The van der Waals surface area contributed by atoms with Crippen molar-refractivity contribution in [2.24, 2.45) is 5.92 Å². The molecule has 0 aliphatic carbocycles. The molecule has 0 atom stereocenters. The van der Waals surface area contributed by atoms with Crippen LogP contribution in [0.15, 0.2) is 18.2 Å². The van der Waals surface area contributed by atoms with Crippen LogP contribution in [0.2, 0.25) is 0 Å². The number of phenols is 1. The smallest absolute Gasteiger partial charge is 0.123 e. The first kappa shape index (κ1) is 12.2. The Balaban J connectivity index is 1.99. The van der Waals surface area contributed by atoms with Gasteiger partial charge in [0.2, 0.25) is 0 Å². The second-order valence-corrected chi connectivity index (χ2v) is 4.95. The van der Waals surface area contributed by atoms with E-state index in [2.05, 4.69) is 11.8 Å². The summed E-state index contributed by atoms with van der Waals surface area (Å²) in [6.07, 6.45) is 2.52. The van der Waals surface area contributed by atoms with Crippen molar-refractivity contribution in [1.29, 1.82) is 0 Å². The summed E-state index contributed by atoms with van der Waals surface area (Å²) in [5, 5.41) is 9.90. The van der Waals surface area contributed by atoms with E-state index in [1.54, 1.807) is 13.2 Å². The molecule has 1 saturated heterocycles. The number of benzene rings is 1. The predicted molar refractivity (Wildman–Crippen MR) is 68.3 cm³/mol. The van der Waals surface area contributed by atoms with Gasteiger partial charge in [-0.2, -0.15) is 0 Å². The second-order valence-electron chi connectivity index (χ2n) is 4.95. The van der Waals surface area contributed by atoms with E-state index < -0.39 is 0 Å². The summed E-state index contributed by atoms with van der Waals surface area (Å²) in [6, 6.07) is 5.54. The van der Waals surface area contributed by atoms with Gasteiger partial charge in [0, 0.05) is 18.2 Å². The molecule has 2 rings (SSSR count). The number of hydrogen-bond acceptors (Lipinski definition) is 3. The number of piperidine rings is 1. The normalized spacial score (nSPS) is 18.2. The average molecular weight is 235 g/mol. The van der Waals surface area contributed by atoms with Gasteiger partial charge in [-0.3, -0.25) is 4.90 Å². The van der Waals surface area contributed by atoms with Gasteiger partial charge in [0.25, 0.3) is 0 Å². The molecule has 94 valence electrons. The zero-order valence-corrected chi connectivity index (χ0v) is 10.6. The molecule has 3 heteroatoms. The van der Waals surface area contributed by atoms with E-state index in [9.17, 15) is 5.11 Å². The third-order valence-corrected chi connectivity index (χ3v) is 3.56. The Kier molecular flexibility index (Phi) is 3.89. The summed E-state index contributed by atoms with van der Waals surface area (Å²) in [6.45, 7) is 5.41. The zero-order valence-electron chi connectivity index (χ0n) is 10.6. The molecule has 0 spiro atoms. The van der Waals surface area contributed by atoms with Crippen molar-refractivity contribution in [1.82, 2.24) is 4.90 Å². The fourth-order valence-electron chi connectivity index (χ4n) is 2.27. The van der Waals surface area contributed by atoms with Crippen molar-refractivity contribution in [3.63, 3.8) is 0 Å². The number of nitrogens with zero attached hydrogens (tertiary/aromatic N) is 1. The van der Waals surface area contributed by atoms with Gasteiger partial charge in [0.05, 0.1) is 7.11 Å². The summed E-state index contributed by atoms with van der Waals surface area (Å²) in [7, 11) is 1.61. The molecule has 0 aromatic heterocycles. The van der Waals surface area contributed by atoms with E-state index in [1.807, 2.05) is 12.1 Å². The summed E-state index contributed by atoms with van der Waals surface area (Å²) < 4.78 is 5.08. The lowest BCUT2D eigenvalue weighted by Crippen LogP contribution is -2.32. The first-order valence-electron chi connectivity index (χ1n) is 6.27. The van der Waals surface area contributed by atoms with Crippen molar-refractivity contribution in [2.45, 2.75) is 26.3 Å². The quantitative estimate of drug-likeness (QED) is 0.874. The molecule has 1 aliphatic heterocycles. The molecule has 17 heavy (non-hydrogen) atoms. The number of aromatic hydroxyl groups is 1. The van der Waals surface area contributed by atoms with Crippen LogP contribution in [-0.4, -0.2) is 30.2 Å². The highest BCUT2D eigenvalue weighted by Crippen LogP contribution is 2.26. The first-order valence-corrected chi connectivity index (χ1v) is 6.27. The number of methoxy groups -OCH3 is 1. The fourth-order valence-corrected chi connectivity index (χ4v) is 2.27. The summed E-state index contributed by atoms with van der Waals surface area (Å²) in [5.41, 5.74) is 0.986. The van der Waals surface area contributed by atoms with Gasteiger partial charge in [-0.15, -0.1) is 0 Å². The van der Waals surface area contributed by atoms with Crippen LogP contribution in [0, 0.1) is 5.92 Å². The molecule has 0 amide bonds. The van der Waals surface area contributed by atoms with Gasteiger partial charge < -0.3 is 9.84 Å². The molecule has 1 heterocycles. The number of rotatable bonds is 3. The van der Waals surface area contributed by atoms with Crippen LogP contribution >= 0.6 is 0 Å². The standard InChI is InChI=1S/C14H21NO2/c1-11-5-7-15(8-6-11)10-12-3-4-13(17-2)9-14(12)16/h3-4,9,11,16H,5-8,10H2,1-2H3. The van der Waals surface area contributed by atoms with Crippen molar-refractivity contribution in [3.05, 3.63) is 23.8 Å². The molecular weight excluding hydrogens is 214 g/mol. The third kappa shape index (κ3) is 3.13. The fraction of sp³-hybridized carbons (Fsp3) is 0.571. The minimum Gasteiger partial charge on any atom is -0.507 e. The zero-order chi connectivity index (χ0) is 12.3. The van der Waals surface area contributed by atoms with Crippen LogP contribution in [-0.2, 0) is 6.54 Å². The molecule has 0 bridgehead atoms. The third-order valence-electron chi connectivity index (χ3n) is 3.56. The van der Waals surface area contributed by atoms with Gasteiger partial charge in [-0.25, -0.2) is 0 Å². The molecule has 0 unspecified atom stereocenters. The largest absolute Gasteiger partial charge is 0.507 e. The van der Waals surface area contributed by atoms with Crippen molar-refractivity contribution < 1.29 is 9.84 Å². The molecule has 0 radical (unpaired) electrons. The number of ether oxygens (including phenoxy) is 1. The van der Waals surface area contributed by atoms with Crippen LogP contribution in [0.4, 0.5) is 0 Å². The number of phenolic OH excluding ortho intramolecular Hbond substituents is 1. The summed E-state index contributed by atoms with van der Waals surface area (Å²) in [4.78, 5) is 2.40. The molecule has 1 aliphatic rings. The Labute approximate surface area is 103 Å².